The van der Waals surface area contributed by atoms with Gasteiger partial charge in [0.05, 0.1) is 25.1 Å². The third kappa shape index (κ3) is 5.53. The Morgan fingerprint density at radius 1 is 1.10 bits per heavy atom. The third-order valence-electron chi connectivity index (χ3n) is 4.56. The summed E-state index contributed by atoms with van der Waals surface area (Å²) in [6.45, 7) is 4.58. The largest absolute Gasteiger partial charge is 0.378 e. The van der Waals surface area contributed by atoms with Gasteiger partial charge in [-0.3, -0.25) is 0 Å². The molecule has 0 spiro atoms. The van der Waals surface area contributed by atoms with Gasteiger partial charge in [0.15, 0.2) is 0 Å². The van der Waals surface area contributed by atoms with E-state index in [0.29, 0.717) is 43.8 Å². The maximum Gasteiger partial charge on any atom is 0.250 e. The summed E-state index contributed by atoms with van der Waals surface area (Å²) in [5.74, 6) is 0.761. The summed E-state index contributed by atoms with van der Waals surface area (Å²) in [6, 6.07) is 12.3. The normalized spacial score (nSPS) is 14.1. The van der Waals surface area contributed by atoms with Crippen LogP contribution in [-0.2, 0) is 4.74 Å². The van der Waals surface area contributed by atoms with E-state index in [1.807, 2.05) is 30.0 Å². The maximum absolute atomic E-state index is 13.8. The third-order valence-corrected chi connectivity index (χ3v) is 5.22. The summed E-state index contributed by atoms with van der Waals surface area (Å²) in [4.78, 5) is 15.5. The van der Waals surface area contributed by atoms with Crippen molar-refractivity contribution in [1.82, 2.24) is 15.0 Å². The number of morpholine rings is 1. The van der Waals surface area contributed by atoms with Crippen molar-refractivity contribution in [3.8, 4) is 0 Å². The first-order valence-electron chi connectivity index (χ1n) is 9.74. The number of benzene rings is 2. The molecule has 0 atom stereocenters. The molecule has 0 amide bonds. The van der Waals surface area contributed by atoms with E-state index in [2.05, 4.69) is 46.7 Å². The lowest BCUT2D eigenvalue weighted by atomic mass is 10.2. The number of nitrogens with zero attached hydrogens (tertiary/aromatic N) is 5. The molecule has 1 saturated heterocycles. The monoisotopic (exact) mass is 485 g/mol. The Kier molecular flexibility index (Phi) is 6.68. The minimum absolute atomic E-state index is 0.245. The maximum atomic E-state index is 13.8. The molecule has 10 heteroatoms. The van der Waals surface area contributed by atoms with Gasteiger partial charge < -0.3 is 15.0 Å². The van der Waals surface area contributed by atoms with E-state index in [-0.39, 0.29) is 11.8 Å². The van der Waals surface area contributed by atoms with Crippen molar-refractivity contribution in [2.24, 2.45) is 5.10 Å². The van der Waals surface area contributed by atoms with Gasteiger partial charge in [0.2, 0.25) is 17.8 Å². The van der Waals surface area contributed by atoms with Crippen molar-refractivity contribution in [2.75, 3.05) is 41.9 Å². The van der Waals surface area contributed by atoms with Crippen LogP contribution in [0.25, 0.3) is 0 Å². The summed E-state index contributed by atoms with van der Waals surface area (Å²) in [5, 5.41) is 7.31. The highest BCUT2D eigenvalue weighted by molar-refractivity contribution is 9.10. The summed E-state index contributed by atoms with van der Waals surface area (Å²) in [7, 11) is 0. The van der Waals surface area contributed by atoms with Crippen molar-refractivity contribution in [2.45, 2.75) is 6.92 Å². The molecule has 3 aromatic rings. The molecule has 0 bridgehead atoms. The lowest BCUT2D eigenvalue weighted by Gasteiger charge is -2.27. The highest BCUT2D eigenvalue weighted by Gasteiger charge is 2.17. The van der Waals surface area contributed by atoms with Gasteiger partial charge in [-0.05, 0) is 46.6 Å². The highest BCUT2D eigenvalue weighted by Crippen LogP contribution is 2.26. The Bertz CT molecular complexity index is 1090. The van der Waals surface area contributed by atoms with Crippen molar-refractivity contribution in [3.63, 3.8) is 0 Å². The highest BCUT2D eigenvalue weighted by atomic mass is 79.9. The van der Waals surface area contributed by atoms with Crippen LogP contribution in [-0.4, -0.2) is 47.5 Å². The summed E-state index contributed by atoms with van der Waals surface area (Å²) >= 11 is 3.56. The molecule has 0 radical (unpaired) electrons. The molecular weight excluding hydrogens is 465 g/mol. The van der Waals surface area contributed by atoms with E-state index in [0.717, 1.165) is 15.7 Å². The first-order chi connectivity index (χ1) is 15.1. The predicted octanol–water partition coefficient (Wildman–Crippen LogP) is 4.11. The molecule has 31 heavy (non-hydrogen) atoms. The van der Waals surface area contributed by atoms with Gasteiger partial charge in [-0.25, -0.2) is 9.82 Å². The molecule has 2 aromatic carbocycles. The SMILES string of the molecule is Cc1ccc(Nc2nc(N/N=C/c3ccccc3F)nc(N3CCOCC3)n2)c(Br)c1. The van der Waals surface area contributed by atoms with Crippen LogP contribution in [0.3, 0.4) is 0 Å². The second-order valence-corrected chi connectivity index (χ2v) is 7.74. The zero-order chi connectivity index (χ0) is 21.6. The summed E-state index contributed by atoms with van der Waals surface area (Å²) in [6.07, 6.45) is 1.39. The topological polar surface area (TPSA) is 87.6 Å². The second-order valence-electron chi connectivity index (χ2n) is 6.88. The fraction of sp³-hybridized carbons (Fsp3) is 0.238. The Morgan fingerprint density at radius 2 is 1.87 bits per heavy atom. The molecular formula is C21H21BrFN7O. The zero-order valence-corrected chi connectivity index (χ0v) is 18.4. The van der Waals surface area contributed by atoms with Crippen LogP contribution in [0.2, 0.25) is 0 Å². The van der Waals surface area contributed by atoms with Crippen LogP contribution in [0.1, 0.15) is 11.1 Å². The average molecular weight is 486 g/mol. The van der Waals surface area contributed by atoms with Crippen LogP contribution in [0, 0.1) is 12.7 Å². The number of anilines is 4. The average Bonchev–Trinajstić information content (AvgIpc) is 2.78. The molecule has 160 valence electrons. The van der Waals surface area contributed by atoms with E-state index < -0.39 is 0 Å². The number of hydrazone groups is 1. The molecule has 2 heterocycles. The van der Waals surface area contributed by atoms with Gasteiger partial charge >= 0.3 is 0 Å². The van der Waals surface area contributed by atoms with Gasteiger partial charge in [0, 0.05) is 23.1 Å². The summed E-state index contributed by atoms with van der Waals surface area (Å²) < 4.78 is 20.1. The van der Waals surface area contributed by atoms with Crippen LogP contribution in [0.15, 0.2) is 52.0 Å². The van der Waals surface area contributed by atoms with E-state index >= 15 is 0 Å². The molecule has 4 rings (SSSR count). The standard InChI is InChI=1S/C21H21BrFN7O/c1-14-6-7-18(16(22)12-14)25-19-26-20(28-21(27-19)30-8-10-31-11-9-30)29-24-13-15-4-2-3-5-17(15)23/h2-7,12-13H,8-11H2,1H3,(H2,25,26,27,28,29)/b24-13+. The van der Waals surface area contributed by atoms with Crippen LogP contribution in [0.4, 0.5) is 27.9 Å². The number of rotatable bonds is 6. The number of ether oxygens (including phenoxy) is 1. The van der Waals surface area contributed by atoms with Gasteiger partial charge in [0.25, 0.3) is 0 Å². The van der Waals surface area contributed by atoms with Gasteiger partial charge in [-0.2, -0.15) is 20.1 Å². The van der Waals surface area contributed by atoms with E-state index in [1.54, 1.807) is 18.2 Å². The molecule has 0 saturated carbocycles. The molecule has 1 aliphatic rings. The fourth-order valence-corrected chi connectivity index (χ4v) is 3.55. The van der Waals surface area contributed by atoms with Crippen molar-refractivity contribution >= 4 is 45.7 Å². The Balaban J connectivity index is 1.60. The summed E-state index contributed by atoms with van der Waals surface area (Å²) in [5.41, 5.74) is 5.10. The molecule has 1 fully saturated rings. The zero-order valence-electron chi connectivity index (χ0n) is 16.8. The quantitative estimate of drug-likeness (QED) is 0.401. The number of aryl methyl sites for hydroxylation is 1. The van der Waals surface area contributed by atoms with E-state index in [9.17, 15) is 4.39 Å². The van der Waals surface area contributed by atoms with Crippen molar-refractivity contribution in [1.29, 1.82) is 0 Å². The van der Waals surface area contributed by atoms with Crippen molar-refractivity contribution < 1.29 is 9.13 Å². The lowest BCUT2D eigenvalue weighted by molar-refractivity contribution is 0.122. The first-order valence-corrected chi connectivity index (χ1v) is 10.5. The number of nitrogens with one attached hydrogen (secondary N) is 2. The van der Waals surface area contributed by atoms with Gasteiger partial charge in [-0.1, -0.05) is 24.3 Å². The number of hydrogen-bond acceptors (Lipinski definition) is 8. The van der Waals surface area contributed by atoms with Crippen LogP contribution in [0.5, 0.6) is 0 Å². The fourth-order valence-electron chi connectivity index (χ4n) is 2.96. The van der Waals surface area contributed by atoms with Crippen LogP contribution >= 0.6 is 15.9 Å². The van der Waals surface area contributed by atoms with Gasteiger partial charge in [0.1, 0.15) is 5.82 Å². The van der Waals surface area contributed by atoms with E-state index in [1.165, 1.54) is 12.3 Å². The molecule has 8 nitrogen and oxygen atoms in total. The Labute approximate surface area is 187 Å². The van der Waals surface area contributed by atoms with Crippen LogP contribution < -0.4 is 15.6 Å². The molecule has 0 aliphatic carbocycles. The lowest BCUT2D eigenvalue weighted by Crippen LogP contribution is -2.37. The number of halogens is 2. The minimum atomic E-state index is -0.357. The molecule has 1 aromatic heterocycles. The van der Waals surface area contributed by atoms with E-state index in [4.69, 9.17) is 4.74 Å². The molecule has 2 N–H and O–H groups in total. The smallest absolute Gasteiger partial charge is 0.250 e. The molecule has 1 aliphatic heterocycles. The Morgan fingerprint density at radius 3 is 2.65 bits per heavy atom. The minimum Gasteiger partial charge on any atom is -0.378 e. The molecule has 0 unspecified atom stereocenters. The Hall–Kier alpha value is -3.11. The second kappa shape index (κ2) is 9.80. The predicted molar refractivity (Wildman–Crippen MR) is 123 cm³/mol. The number of aromatic nitrogens is 3. The number of hydrogen-bond donors (Lipinski definition) is 2. The van der Waals surface area contributed by atoms with Crippen molar-refractivity contribution in [3.05, 3.63) is 63.9 Å². The van der Waals surface area contributed by atoms with Gasteiger partial charge in [-0.15, -0.1) is 0 Å². The first kappa shape index (κ1) is 21.1.